The van der Waals surface area contributed by atoms with Crippen molar-refractivity contribution in [1.29, 1.82) is 0 Å². The van der Waals surface area contributed by atoms with E-state index in [1.165, 1.54) is 17.3 Å². The Morgan fingerprint density at radius 1 is 1.11 bits per heavy atom. The maximum atomic E-state index is 12.4. The van der Waals surface area contributed by atoms with Crippen LogP contribution in [0.15, 0.2) is 53.9 Å². The highest BCUT2D eigenvalue weighted by atomic mass is 32.2. The molecule has 2 heterocycles. The van der Waals surface area contributed by atoms with Crippen LogP contribution in [0.5, 0.6) is 0 Å². The fourth-order valence-electron chi connectivity index (χ4n) is 2.93. The molecule has 1 atom stereocenters. The van der Waals surface area contributed by atoms with E-state index in [2.05, 4.69) is 51.7 Å². The maximum absolute atomic E-state index is 12.4. The number of pyridine rings is 1. The first kappa shape index (κ1) is 20.1. The predicted octanol–water partition coefficient (Wildman–Crippen LogP) is 3.89. The van der Waals surface area contributed by atoms with Crippen LogP contribution in [0.1, 0.15) is 37.9 Å². The fraction of sp³-hybridized carbons (Fsp3) is 0.333. The van der Waals surface area contributed by atoms with E-state index in [0.717, 1.165) is 35.1 Å². The van der Waals surface area contributed by atoms with Gasteiger partial charge in [0.2, 0.25) is 5.91 Å². The van der Waals surface area contributed by atoms with Gasteiger partial charge in [-0.1, -0.05) is 43.0 Å². The van der Waals surface area contributed by atoms with Gasteiger partial charge in [-0.25, -0.2) is 0 Å². The molecule has 0 fully saturated rings. The number of carbonyl (C=O) groups excluding carboxylic acids is 1. The Labute approximate surface area is 169 Å². The minimum Gasteiger partial charge on any atom is -0.349 e. The molecule has 3 aromatic rings. The minimum absolute atomic E-state index is 0.0202. The van der Waals surface area contributed by atoms with Gasteiger partial charge in [-0.05, 0) is 43.5 Å². The monoisotopic (exact) mass is 395 g/mol. The summed E-state index contributed by atoms with van der Waals surface area (Å²) >= 11 is 1.40. The highest BCUT2D eigenvalue weighted by Gasteiger charge is 2.15. The lowest BCUT2D eigenvalue weighted by Crippen LogP contribution is -2.28. The van der Waals surface area contributed by atoms with Crippen molar-refractivity contribution in [3.63, 3.8) is 0 Å². The standard InChI is InChI=1S/C21H25N5OS/c1-4-16-6-8-17(9-7-16)15(3)23-19(27)14-28-21-25-24-20(26(21)5-2)18-10-12-22-13-11-18/h6-13,15H,4-5,14H2,1-3H3,(H,23,27)/t15-/m1/s1. The van der Waals surface area contributed by atoms with Crippen molar-refractivity contribution in [1.82, 2.24) is 25.1 Å². The zero-order valence-electron chi connectivity index (χ0n) is 16.4. The molecule has 1 amide bonds. The van der Waals surface area contributed by atoms with E-state index in [1.54, 1.807) is 12.4 Å². The first-order valence-corrected chi connectivity index (χ1v) is 10.5. The van der Waals surface area contributed by atoms with Gasteiger partial charge in [-0.15, -0.1) is 10.2 Å². The van der Waals surface area contributed by atoms with Crippen LogP contribution < -0.4 is 5.32 Å². The average molecular weight is 396 g/mol. The lowest BCUT2D eigenvalue weighted by Gasteiger charge is -2.14. The van der Waals surface area contributed by atoms with Crippen LogP contribution in [0.25, 0.3) is 11.4 Å². The zero-order chi connectivity index (χ0) is 19.9. The van der Waals surface area contributed by atoms with Crippen LogP contribution in [0.4, 0.5) is 0 Å². The molecule has 7 heteroatoms. The van der Waals surface area contributed by atoms with E-state index in [9.17, 15) is 4.79 Å². The summed E-state index contributed by atoms with van der Waals surface area (Å²) in [5.74, 6) is 1.07. The number of hydrogen-bond acceptors (Lipinski definition) is 5. The van der Waals surface area contributed by atoms with E-state index in [1.807, 2.05) is 30.5 Å². The predicted molar refractivity (Wildman–Crippen MR) is 112 cm³/mol. The number of rotatable bonds is 8. The molecule has 0 aliphatic heterocycles. The molecule has 0 saturated heterocycles. The van der Waals surface area contributed by atoms with Gasteiger partial charge in [0.05, 0.1) is 11.8 Å². The zero-order valence-corrected chi connectivity index (χ0v) is 17.2. The van der Waals surface area contributed by atoms with Crippen LogP contribution in [0, 0.1) is 0 Å². The first-order valence-electron chi connectivity index (χ1n) is 9.47. The number of nitrogens with one attached hydrogen (secondary N) is 1. The van der Waals surface area contributed by atoms with Gasteiger partial charge in [0.15, 0.2) is 11.0 Å². The molecule has 0 spiro atoms. The van der Waals surface area contributed by atoms with Crippen molar-refractivity contribution in [3.05, 3.63) is 59.9 Å². The molecule has 28 heavy (non-hydrogen) atoms. The van der Waals surface area contributed by atoms with Gasteiger partial charge in [0.25, 0.3) is 0 Å². The molecule has 0 radical (unpaired) electrons. The summed E-state index contributed by atoms with van der Waals surface area (Å²) in [4.78, 5) is 16.4. The number of carbonyl (C=O) groups is 1. The van der Waals surface area contributed by atoms with E-state index in [0.29, 0.717) is 5.75 Å². The Kier molecular flexibility index (Phi) is 6.81. The molecule has 0 aliphatic rings. The van der Waals surface area contributed by atoms with Gasteiger partial charge in [-0.3, -0.25) is 9.78 Å². The second-order valence-electron chi connectivity index (χ2n) is 6.46. The van der Waals surface area contributed by atoms with E-state index in [4.69, 9.17) is 0 Å². The topological polar surface area (TPSA) is 72.7 Å². The normalized spacial score (nSPS) is 12.0. The second kappa shape index (κ2) is 9.50. The third-order valence-electron chi connectivity index (χ3n) is 4.57. The van der Waals surface area contributed by atoms with Crippen LogP contribution in [-0.2, 0) is 17.8 Å². The molecular formula is C21H25N5OS. The van der Waals surface area contributed by atoms with Crippen LogP contribution in [-0.4, -0.2) is 31.4 Å². The van der Waals surface area contributed by atoms with Crippen molar-refractivity contribution in [2.24, 2.45) is 0 Å². The molecule has 2 aromatic heterocycles. The molecular weight excluding hydrogens is 370 g/mol. The highest BCUT2D eigenvalue weighted by molar-refractivity contribution is 7.99. The SMILES string of the molecule is CCc1ccc([C@@H](C)NC(=O)CSc2nnc(-c3ccncc3)n2CC)cc1. The number of hydrogen-bond donors (Lipinski definition) is 1. The molecule has 1 N–H and O–H groups in total. The van der Waals surface area contributed by atoms with Crippen LogP contribution in [0.2, 0.25) is 0 Å². The number of nitrogens with zero attached hydrogens (tertiary/aromatic N) is 4. The second-order valence-corrected chi connectivity index (χ2v) is 7.40. The van der Waals surface area contributed by atoms with E-state index >= 15 is 0 Å². The van der Waals surface area contributed by atoms with Crippen LogP contribution >= 0.6 is 11.8 Å². The Morgan fingerprint density at radius 2 is 1.82 bits per heavy atom. The van der Waals surface area contributed by atoms with Gasteiger partial charge in [0.1, 0.15) is 0 Å². The van der Waals surface area contributed by atoms with Crippen molar-refractivity contribution in [3.8, 4) is 11.4 Å². The van der Waals surface area contributed by atoms with Crippen molar-refractivity contribution >= 4 is 17.7 Å². The lowest BCUT2D eigenvalue weighted by molar-refractivity contribution is -0.119. The summed E-state index contributed by atoms with van der Waals surface area (Å²) < 4.78 is 2.01. The molecule has 3 rings (SSSR count). The summed E-state index contributed by atoms with van der Waals surface area (Å²) in [5, 5.41) is 12.4. The number of amides is 1. The third-order valence-corrected chi connectivity index (χ3v) is 5.54. The van der Waals surface area contributed by atoms with Crippen molar-refractivity contribution < 1.29 is 4.79 Å². The van der Waals surface area contributed by atoms with Gasteiger partial charge < -0.3 is 9.88 Å². The largest absolute Gasteiger partial charge is 0.349 e. The van der Waals surface area contributed by atoms with E-state index < -0.39 is 0 Å². The summed E-state index contributed by atoms with van der Waals surface area (Å²) in [7, 11) is 0. The van der Waals surface area contributed by atoms with Crippen molar-refractivity contribution in [2.75, 3.05) is 5.75 Å². The Morgan fingerprint density at radius 3 is 2.46 bits per heavy atom. The first-order chi connectivity index (χ1) is 13.6. The van der Waals surface area contributed by atoms with Gasteiger partial charge in [-0.2, -0.15) is 0 Å². The van der Waals surface area contributed by atoms with Gasteiger partial charge >= 0.3 is 0 Å². The summed E-state index contributed by atoms with van der Waals surface area (Å²) in [6, 6.07) is 12.1. The summed E-state index contributed by atoms with van der Waals surface area (Å²) in [5.41, 5.74) is 3.36. The van der Waals surface area contributed by atoms with Gasteiger partial charge in [0, 0.05) is 24.5 Å². The maximum Gasteiger partial charge on any atom is 0.230 e. The number of benzene rings is 1. The van der Waals surface area contributed by atoms with E-state index in [-0.39, 0.29) is 11.9 Å². The Bertz CT molecular complexity index is 908. The molecule has 1 aromatic carbocycles. The quantitative estimate of drug-likeness (QED) is 0.586. The summed E-state index contributed by atoms with van der Waals surface area (Å²) in [6.45, 7) is 6.90. The molecule has 0 aliphatic carbocycles. The number of aryl methyl sites for hydroxylation is 1. The van der Waals surface area contributed by atoms with Crippen molar-refractivity contribution in [2.45, 2.75) is 44.9 Å². The minimum atomic E-state index is -0.0320. The fourth-order valence-corrected chi connectivity index (χ4v) is 3.75. The highest BCUT2D eigenvalue weighted by Crippen LogP contribution is 2.23. The molecule has 0 unspecified atom stereocenters. The molecule has 0 bridgehead atoms. The van der Waals surface area contributed by atoms with Crippen LogP contribution in [0.3, 0.4) is 0 Å². The average Bonchev–Trinajstić information content (AvgIpc) is 3.16. The molecule has 6 nitrogen and oxygen atoms in total. The molecule has 146 valence electrons. The lowest BCUT2D eigenvalue weighted by atomic mass is 10.1. The third kappa shape index (κ3) is 4.78. The number of thioether (sulfide) groups is 1. The summed E-state index contributed by atoms with van der Waals surface area (Å²) in [6.07, 6.45) is 4.48. The Hall–Kier alpha value is -2.67. The smallest absolute Gasteiger partial charge is 0.230 e. The number of aromatic nitrogens is 4. The molecule has 0 saturated carbocycles. The Balaban J connectivity index is 1.60.